The first-order chi connectivity index (χ1) is 7.47. The van der Waals surface area contributed by atoms with Crippen molar-refractivity contribution in [3.63, 3.8) is 0 Å². The SMILES string of the molecule is CCOC(=O)c1cc(C(=O)O)c(N)cc1Cl. The Kier molecular flexibility index (Phi) is 3.73. The number of anilines is 1. The molecule has 0 atom stereocenters. The van der Waals surface area contributed by atoms with Crippen LogP contribution in [0.25, 0.3) is 0 Å². The van der Waals surface area contributed by atoms with Crippen LogP contribution in [0.5, 0.6) is 0 Å². The molecule has 0 aliphatic carbocycles. The molecule has 16 heavy (non-hydrogen) atoms. The number of benzene rings is 1. The van der Waals surface area contributed by atoms with Gasteiger partial charge in [-0.3, -0.25) is 0 Å². The Morgan fingerprint density at radius 1 is 1.44 bits per heavy atom. The first-order valence-corrected chi connectivity index (χ1v) is 4.84. The lowest BCUT2D eigenvalue weighted by atomic mass is 10.1. The van der Waals surface area contributed by atoms with Crippen LogP contribution < -0.4 is 5.73 Å². The zero-order valence-corrected chi connectivity index (χ0v) is 9.25. The summed E-state index contributed by atoms with van der Waals surface area (Å²) in [5, 5.41) is 8.89. The molecule has 0 saturated heterocycles. The number of carboxylic acids is 1. The molecule has 0 aliphatic heterocycles. The van der Waals surface area contributed by atoms with Gasteiger partial charge in [0.2, 0.25) is 0 Å². The second-order valence-electron chi connectivity index (χ2n) is 2.94. The molecule has 0 heterocycles. The minimum Gasteiger partial charge on any atom is -0.478 e. The maximum Gasteiger partial charge on any atom is 0.339 e. The molecule has 0 amide bonds. The van der Waals surface area contributed by atoms with Crippen molar-refractivity contribution >= 4 is 29.2 Å². The number of carbonyl (C=O) groups is 2. The number of aromatic carboxylic acids is 1. The maximum atomic E-state index is 11.4. The van der Waals surface area contributed by atoms with Gasteiger partial charge in [0, 0.05) is 5.69 Å². The number of nitrogens with two attached hydrogens (primary N) is 1. The molecule has 3 N–H and O–H groups in total. The van der Waals surface area contributed by atoms with E-state index in [1.54, 1.807) is 6.92 Å². The highest BCUT2D eigenvalue weighted by molar-refractivity contribution is 6.34. The van der Waals surface area contributed by atoms with E-state index in [0.717, 1.165) is 6.07 Å². The molecule has 5 nitrogen and oxygen atoms in total. The second kappa shape index (κ2) is 4.85. The van der Waals surface area contributed by atoms with Gasteiger partial charge in [0.15, 0.2) is 0 Å². The molecule has 0 aromatic heterocycles. The van der Waals surface area contributed by atoms with E-state index in [4.69, 9.17) is 27.2 Å². The Morgan fingerprint density at radius 2 is 2.06 bits per heavy atom. The van der Waals surface area contributed by atoms with Crippen LogP contribution >= 0.6 is 11.6 Å². The number of hydrogen-bond acceptors (Lipinski definition) is 4. The number of halogens is 1. The summed E-state index contributed by atoms with van der Waals surface area (Å²) in [5.41, 5.74) is 5.27. The highest BCUT2D eigenvalue weighted by Gasteiger charge is 2.17. The molecule has 0 bridgehead atoms. The number of carbonyl (C=O) groups excluding carboxylic acids is 1. The van der Waals surface area contributed by atoms with Crippen molar-refractivity contribution in [2.45, 2.75) is 6.92 Å². The van der Waals surface area contributed by atoms with E-state index in [0.29, 0.717) is 0 Å². The van der Waals surface area contributed by atoms with Crippen molar-refractivity contribution in [3.8, 4) is 0 Å². The van der Waals surface area contributed by atoms with Crippen molar-refractivity contribution in [1.29, 1.82) is 0 Å². The minimum atomic E-state index is -1.22. The molecule has 86 valence electrons. The molecule has 0 unspecified atom stereocenters. The van der Waals surface area contributed by atoms with Gasteiger partial charge in [0.05, 0.1) is 22.8 Å². The number of rotatable bonds is 3. The van der Waals surface area contributed by atoms with Crippen molar-refractivity contribution in [2.24, 2.45) is 0 Å². The van der Waals surface area contributed by atoms with Crippen LogP contribution in [-0.4, -0.2) is 23.7 Å². The normalized spacial score (nSPS) is 9.88. The van der Waals surface area contributed by atoms with Gasteiger partial charge in [0.25, 0.3) is 0 Å². The Balaban J connectivity index is 3.24. The van der Waals surface area contributed by atoms with Gasteiger partial charge in [-0.2, -0.15) is 0 Å². The van der Waals surface area contributed by atoms with Crippen LogP contribution in [0.3, 0.4) is 0 Å². The molecular weight excluding hydrogens is 234 g/mol. The van der Waals surface area contributed by atoms with Crippen LogP contribution in [0, 0.1) is 0 Å². The summed E-state index contributed by atoms with van der Waals surface area (Å²) in [5.74, 6) is -1.89. The zero-order chi connectivity index (χ0) is 12.3. The van der Waals surface area contributed by atoms with Crippen molar-refractivity contribution < 1.29 is 19.4 Å². The third-order valence-electron chi connectivity index (χ3n) is 1.86. The largest absolute Gasteiger partial charge is 0.478 e. The van der Waals surface area contributed by atoms with Gasteiger partial charge in [-0.1, -0.05) is 11.6 Å². The Labute approximate surface area is 96.8 Å². The Bertz CT molecular complexity index is 445. The van der Waals surface area contributed by atoms with Gasteiger partial charge in [0.1, 0.15) is 0 Å². The standard InChI is InChI=1S/C10H10ClNO4/c1-2-16-10(15)5-3-6(9(13)14)8(12)4-7(5)11/h3-4H,2,12H2,1H3,(H,13,14). The minimum absolute atomic E-state index is 0.00452. The zero-order valence-electron chi connectivity index (χ0n) is 8.49. The van der Waals surface area contributed by atoms with Crippen LogP contribution in [0.2, 0.25) is 5.02 Å². The molecule has 6 heteroatoms. The number of ether oxygens (including phenoxy) is 1. The lowest BCUT2D eigenvalue weighted by molar-refractivity contribution is 0.0526. The molecule has 0 radical (unpaired) electrons. The highest BCUT2D eigenvalue weighted by atomic mass is 35.5. The first kappa shape index (κ1) is 12.3. The fourth-order valence-electron chi connectivity index (χ4n) is 1.14. The van der Waals surface area contributed by atoms with E-state index in [2.05, 4.69) is 0 Å². The lowest BCUT2D eigenvalue weighted by Gasteiger charge is -2.07. The number of esters is 1. The molecule has 1 aromatic rings. The monoisotopic (exact) mass is 243 g/mol. The molecule has 0 aliphatic rings. The van der Waals surface area contributed by atoms with Gasteiger partial charge >= 0.3 is 11.9 Å². The van der Waals surface area contributed by atoms with Gasteiger partial charge in [-0.05, 0) is 19.1 Å². The van der Waals surface area contributed by atoms with E-state index in [-0.39, 0.29) is 28.4 Å². The van der Waals surface area contributed by atoms with E-state index >= 15 is 0 Å². The number of nitrogen functional groups attached to an aromatic ring is 1. The van der Waals surface area contributed by atoms with Crippen LogP contribution in [0.1, 0.15) is 27.6 Å². The van der Waals surface area contributed by atoms with Crippen LogP contribution in [0.4, 0.5) is 5.69 Å². The Morgan fingerprint density at radius 3 is 2.56 bits per heavy atom. The number of hydrogen-bond donors (Lipinski definition) is 2. The average Bonchev–Trinajstić information content (AvgIpc) is 2.17. The highest BCUT2D eigenvalue weighted by Crippen LogP contribution is 2.24. The quantitative estimate of drug-likeness (QED) is 0.624. The van der Waals surface area contributed by atoms with Gasteiger partial charge < -0.3 is 15.6 Å². The smallest absolute Gasteiger partial charge is 0.339 e. The molecular formula is C10H10ClNO4. The fraction of sp³-hybridized carbons (Fsp3) is 0.200. The third kappa shape index (κ3) is 2.43. The fourth-order valence-corrected chi connectivity index (χ4v) is 1.39. The maximum absolute atomic E-state index is 11.4. The molecule has 0 spiro atoms. The average molecular weight is 244 g/mol. The molecule has 1 rings (SSSR count). The molecule has 0 fully saturated rings. The summed E-state index contributed by atoms with van der Waals surface area (Å²) >= 11 is 5.76. The predicted molar refractivity (Wildman–Crippen MR) is 58.8 cm³/mol. The van der Waals surface area contributed by atoms with Crippen molar-refractivity contribution in [2.75, 3.05) is 12.3 Å². The van der Waals surface area contributed by atoms with Gasteiger partial charge in [-0.15, -0.1) is 0 Å². The van der Waals surface area contributed by atoms with Crippen molar-refractivity contribution in [1.82, 2.24) is 0 Å². The topological polar surface area (TPSA) is 89.6 Å². The van der Waals surface area contributed by atoms with Gasteiger partial charge in [-0.25, -0.2) is 9.59 Å². The van der Waals surface area contributed by atoms with E-state index < -0.39 is 11.9 Å². The molecule has 1 aromatic carbocycles. The van der Waals surface area contributed by atoms with E-state index in [1.165, 1.54) is 6.07 Å². The van der Waals surface area contributed by atoms with E-state index in [1.807, 2.05) is 0 Å². The first-order valence-electron chi connectivity index (χ1n) is 4.46. The lowest BCUT2D eigenvalue weighted by Crippen LogP contribution is -2.09. The second-order valence-corrected chi connectivity index (χ2v) is 3.35. The summed E-state index contributed by atoms with van der Waals surface area (Å²) in [7, 11) is 0. The Hall–Kier alpha value is -1.75. The summed E-state index contributed by atoms with van der Waals surface area (Å²) < 4.78 is 4.73. The number of carboxylic acid groups (broad SMARTS) is 1. The van der Waals surface area contributed by atoms with Crippen LogP contribution in [0.15, 0.2) is 12.1 Å². The summed E-state index contributed by atoms with van der Waals surface area (Å²) in [6.07, 6.45) is 0. The predicted octanol–water partition coefficient (Wildman–Crippen LogP) is 1.80. The van der Waals surface area contributed by atoms with Crippen molar-refractivity contribution in [3.05, 3.63) is 28.3 Å². The summed E-state index contributed by atoms with van der Waals surface area (Å²) in [6.45, 7) is 1.82. The molecule has 0 saturated carbocycles. The summed E-state index contributed by atoms with van der Waals surface area (Å²) in [6, 6.07) is 2.33. The van der Waals surface area contributed by atoms with Crippen LogP contribution in [-0.2, 0) is 4.74 Å². The summed E-state index contributed by atoms with van der Waals surface area (Å²) in [4.78, 5) is 22.2. The van der Waals surface area contributed by atoms with E-state index in [9.17, 15) is 9.59 Å². The third-order valence-corrected chi connectivity index (χ3v) is 2.18.